The molecule has 0 spiro atoms. The molecule has 28 heavy (non-hydrogen) atoms. The fourth-order valence-electron chi connectivity index (χ4n) is 3.21. The molecule has 3 aromatic carbocycles. The van der Waals surface area contributed by atoms with Gasteiger partial charge in [0, 0.05) is 23.0 Å². The highest BCUT2D eigenvalue weighted by molar-refractivity contribution is 6.12. The van der Waals surface area contributed by atoms with Gasteiger partial charge < -0.3 is 10.4 Å². The molecule has 1 amide bonds. The molecule has 0 aliphatic carbocycles. The predicted molar refractivity (Wildman–Crippen MR) is 101 cm³/mol. The summed E-state index contributed by atoms with van der Waals surface area (Å²) in [5.41, 5.74) is 1.36. The maximum atomic E-state index is 13.4. The van der Waals surface area contributed by atoms with E-state index in [9.17, 15) is 24.4 Å². The predicted octanol–water partition coefficient (Wildman–Crippen LogP) is 4.21. The Morgan fingerprint density at radius 1 is 1.07 bits per heavy atom. The number of halogens is 1. The van der Waals surface area contributed by atoms with E-state index in [1.807, 2.05) is 0 Å². The van der Waals surface area contributed by atoms with Gasteiger partial charge in [-0.05, 0) is 42.5 Å². The van der Waals surface area contributed by atoms with Crippen molar-refractivity contribution < 1.29 is 19.2 Å². The molecular weight excluding hydrogens is 365 g/mol. The Morgan fingerprint density at radius 3 is 2.50 bits per heavy atom. The number of hydrogen-bond donors (Lipinski definition) is 2. The SMILES string of the molecule is O=C1c2ccccc2N[C@H](c2ccc(O)c([N+](=O)[O-])c2)N1c1ccc(F)cc1. The summed E-state index contributed by atoms with van der Waals surface area (Å²) in [5, 5.41) is 24.2. The van der Waals surface area contributed by atoms with E-state index in [-0.39, 0.29) is 5.91 Å². The minimum absolute atomic E-state index is 0.332. The van der Waals surface area contributed by atoms with Crippen LogP contribution in [0.25, 0.3) is 0 Å². The highest BCUT2D eigenvalue weighted by Crippen LogP contribution is 2.38. The quantitative estimate of drug-likeness (QED) is 0.525. The zero-order chi connectivity index (χ0) is 19.8. The molecule has 1 atom stereocenters. The second-order valence-corrected chi connectivity index (χ2v) is 6.25. The molecule has 1 heterocycles. The number of para-hydroxylation sites is 1. The van der Waals surface area contributed by atoms with Gasteiger partial charge in [0.2, 0.25) is 0 Å². The van der Waals surface area contributed by atoms with Gasteiger partial charge in [0.05, 0.1) is 10.5 Å². The number of amides is 1. The molecule has 1 aliphatic rings. The van der Waals surface area contributed by atoms with E-state index in [1.54, 1.807) is 24.3 Å². The van der Waals surface area contributed by atoms with Crippen molar-refractivity contribution >= 4 is 23.0 Å². The number of benzene rings is 3. The molecule has 7 nitrogen and oxygen atoms in total. The van der Waals surface area contributed by atoms with E-state index in [4.69, 9.17) is 0 Å². The fraction of sp³-hybridized carbons (Fsp3) is 0.0500. The van der Waals surface area contributed by atoms with E-state index in [0.717, 1.165) is 0 Å². The van der Waals surface area contributed by atoms with Crippen molar-refractivity contribution in [3.63, 3.8) is 0 Å². The van der Waals surface area contributed by atoms with Gasteiger partial charge in [-0.1, -0.05) is 18.2 Å². The maximum absolute atomic E-state index is 13.4. The Balaban J connectivity index is 1.87. The summed E-state index contributed by atoms with van der Waals surface area (Å²) in [7, 11) is 0. The number of phenolic OH excluding ortho intramolecular Hbond substituents is 1. The number of rotatable bonds is 3. The summed E-state index contributed by atoms with van der Waals surface area (Å²) in [6.45, 7) is 0. The largest absolute Gasteiger partial charge is 0.502 e. The molecule has 3 aromatic rings. The number of fused-ring (bicyclic) bond motifs is 1. The molecule has 2 N–H and O–H groups in total. The van der Waals surface area contributed by atoms with Gasteiger partial charge >= 0.3 is 5.69 Å². The number of carbonyl (C=O) groups is 1. The molecule has 0 saturated heterocycles. The van der Waals surface area contributed by atoms with Crippen LogP contribution in [0.15, 0.2) is 66.7 Å². The van der Waals surface area contributed by atoms with Gasteiger partial charge in [-0.25, -0.2) is 4.39 Å². The molecule has 0 radical (unpaired) electrons. The van der Waals surface area contributed by atoms with Crippen LogP contribution in [0.2, 0.25) is 0 Å². The first-order valence-corrected chi connectivity index (χ1v) is 8.37. The van der Waals surface area contributed by atoms with Crippen molar-refractivity contribution in [3.05, 3.63) is 93.8 Å². The zero-order valence-electron chi connectivity index (χ0n) is 14.4. The molecule has 0 bridgehead atoms. The van der Waals surface area contributed by atoms with E-state index in [0.29, 0.717) is 22.5 Å². The first-order valence-electron chi connectivity index (χ1n) is 8.37. The van der Waals surface area contributed by atoms with Gasteiger partial charge in [0.15, 0.2) is 5.75 Å². The second-order valence-electron chi connectivity index (χ2n) is 6.25. The lowest BCUT2D eigenvalue weighted by molar-refractivity contribution is -0.385. The number of nitro groups is 1. The van der Waals surface area contributed by atoms with Crippen LogP contribution in [0, 0.1) is 15.9 Å². The number of nitro benzene ring substituents is 1. The molecule has 140 valence electrons. The Hall–Kier alpha value is -3.94. The number of hydrogen-bond acceptors (Lipinski definition) is 5. The van der Waals surface area contributed by atoms with Gasteiger partial charge in [0.1, 0.15) is 12.0 Å². The third-order valence-corrected chi connectivity index (χ3v) is 4.54. The summed E-state index contributed by atoms with van der Waals surface area (Å²) in [6, 6.07) is 16.2. The van der Waals surface area contributed by atoms with E-state index in [1.165, 1.54) is 47.4 Å². The highest BCUT2D eigenvalue weighted by atomic mass is 19.1. The van der Waals surface area contributed by atoms with Gasteiger partial charge in [-0.15, -0.1) is 0 Å². The molecule has 0 aromatic heterocycles. The first kappa shape index (κ1) is 17.5. The number of carbonyl (C=O) groups excluding carboxylic acids is 1. The average Bonchev–Trinajstić information content (AvgIpc) is 2.69. The molecule has 0 saturated carbocycles. The minimum atomic E-state index is -0.785. The first-order chi connectivity index (χ1) is 13.5. The third kappa shape index (κ3) is 2.90. The van der Waals surface area contributed by atoms with Gasteiger partial charge in [0.25, 0.3) is 5.91 Å². The average molecular weight is 379 g/mol. The van der Waals surface area contributed by atoms with Crippen molar-refractivity contribution in [1.29, 1.82) is 0 Å². The number of nitrogens with one attached hydrogen (secondary N) is 1. The zero-order valence-corrected chi connectivity index (χ0v) is 14.4. The van der Waals surface area contributed by atoms with Crippen molar-refractivity contribution in [1.82, 2.24) is 0 Å². The molecule has 0 unspecified atom stereocenters. The normalized spacial score (nSPS) is 15.7. The lowest BCUT2D eigenvalue weighted by Gasteiger charge is -2.38. The van der Waals surface area contributed by atoms with Crippen LogP contribution < -0.4 is 10.2 Å². The number of anilines is 2. The monoisotopic (exact) mass is 379 g/mol. The van der Waals surface area contributed by atoms with E-state index >= 15 is 0 Å². The molecule has 1 aliphatic heterocycles. The Labute approximate surface area is 158 Å². The number of nitrogens with zero attached hydrogens (tertiary/aromatic N) is 2. The van der Waals surface area contributed by atoms with Crippen molar-refractivity contribution in [2.24, 2.45) is 0 Å². The molecule has 8 heteroatoms. The minimum Gasteiger partial charge on any atom is -0.502 e. The van der Waals surface area contributed by atoms with Crippen LogP contribution in [0.3, 0.4) is 0 Å². The molecular formula is C20H14FN3O4. The second kappa shape index (κ2) is 6.66. The summed E-state index contributed by atoms with van der Waals surface area (Å²) in [6.07, 6.45) is -0.785. The van der Waals surface area contributed by atoms with Crippen LogP contribution in [-0.4, -0.2) is 15.9 Å². The standard InChI is InChI=1S/C20H14FN3O4/c21-13-6-8-14(9-7-13)23-19(12-5-10-18(25)17(11-12)24(27)28)22-16-4-2-1-3-15(16)20(23)26/h1-11,19,22,25H/t19-/m0/s1. The van der Waals surface area contributed by atoms with Crippen LogP contribution in [0.1, 0.15) is 22.1 Å². The molecule has 4 rings (SSSR count). The van der Waals surface area contributed by atoms with Crippen molar-refractivity contribution in [2.45, 2.75) is 6.17 Å². The van der Waals surface area contributed by atoms with E-state index < -0.39 is 28.3 Å². The van der Waals surface area contributed by atoms with Crippen LogP contribution in [-0.2, 0) is 0 Å². The lowest BCUT2D eigenvalue weighted by Crippen LogP contribution is -2.43. The Bertz CT molecular complexity index is 1090. The van der Waals surface area contributed by atoms with Crippen LogP contribution in [0.5, 0.6) is 5.75 Å². The van der Waals surface area contributed by atoms with Gasteiger partial charge in [-0.3, -0.25) is 19.8 Å². The van der Waals surface area contributed by atoms with Crippen molar-refractivity contribution in [2.75, 3.05) is 10.2 Å². The number of aromatic hydroxyl groups is 1. The number of phenols is 1. The Kier molecular flexibility index (Phi) is 4.15. The lowest BCUT2D eigenvalue weighted by atomic mass is 10.0. The van der Waals surface area contributed by atoms with Gasteiger partial charge in [-0.2, -0.15) is 0 Å². The van der Waals surface area contributed by atoms with E-state index in [2.05, 4.69) is 5.32 Å². The smallest absolute Gasteiger partial charge is 0.311 e. The third-order valence-electron chi connectivity index (χ3n) is 4.54. The summed E-state index contributed by atoms with van der Waals surface area (Å²) in [4.78, 5) is 25.1. The van der Waals surface area contributed by atoms with Crippen LogP contribution >= 0.6 is 0 Å². The highest BCUT2D eigenvalue weighted by Gasteiger charge is 2.35. The fourth-order valence-corrected chi connectivity index (χ4v) is 3.21. The topological polar surface area (TPSA) is 95.7 Å². The Morgan fingerprint density at radius 2 is 1.79 bits per heavy atom. The maximum Gasteiger partial charge on any atom is 0.311 e. The van der Waals surface area contributed by atoms with Crippen molar-refractivity contribution in [3.8, 4) is 5.75 Å². The van der Waals surface area contributed by atoms with Crippen LogP contribution in [0.4, 0.5) is 21.5 Å². The summed E-state index contributed by atoms with van der Waals surface area (Å²) in [5.74, 6) is -1.25. The summed E-state index contributed by atoms with van der Waals surface area (Å²) >= 11 is 0. The molecule has 0 fully saturated rings. The summed E-state index contributed by atoms with van der Waals surface area (Å²) < 4.78 is 13.4.